The lowest BCUT2D eigenvalue weighted by Crippen LogP contribution is -2.26. The molecule has 3 rings (SSSR count). The highest BCUT2D eigenvalue weighted by molar-refractivity contribution is 5.85. The number of likely N-dealkylation sites (tertiary alicyclic amines) is 1. The van der Waals surface area contributed by atoms with Crippen molar-refractivity contribution in [2.75, 3.05) is 6.54 Å². The van der Waals surface area contributed by atoms with Crippen LogP contribution in [0.4, 0.5) is 0 Å². The summed E-state index contributed by atoms with van der Waals surface area (Å²) in [5.41, 5.74) is 2.34. The molecule has 2 heteroatoms. The van der Waals surface area contributed by atoms with Crippen LogP contribution in [0.2, 0.25) is 0 Å². The Morgan fingerprint density at radius 2 is 1.58 bits per heavy atom. The summed E-state index contributed by atoms with van der Waals surface area (Å²) in [6.45, 7) is 1.58. The van der Waals surface area contributed by atoms with Gasteiger partial charge in [-0.05, 0) is 17.5 Å². The van der Waals surface area contributed by atoms with E-state index < -0.39 is 0 Å². The van der Waals surface area contributed by atoms with Crippen molar-refractivity contribution in [2.24, 2.45) is 0 Å². The average Bonchev–Trinajstić information content (AvgIpc) is 2.82. The first-order valence-corrected chi connectivity index (χ1v) is 6.72. The molecule has 1 saturated heterocycles. The van der Waals surface area contributed by atoms with Crippen molar-refractivity contribution < 1.29 is 4.79 Å². The highest BCUT2D eigenvalue weighted by atomic mass is 16.2. The van der Waals surface area contributed by atoms with Crippen molar-refractivity contribution in [1.82, 2.24) is 4.90 Å². The van der Waals surface area contributed by atoms with Crippen LogP contribution < -0.4 is 0 Å². The Morgan fingerprint density at radius 3 is 2.26 bits per heavy atom. The van der Waals surface area contributed by atoms with Crippen molar-refractivity contribution in [3.05, 3.63) is 71.8 Å². The molecule has 0 bridgehead atoms. The van der Waals surface area contributed by atoms with Gasteiger partial charge >= 0.3 is 0 Å². The van der Waals surface area contributed by atoms with Crippen LogP contribution >= 0.6 is 0 Å². The van der Waals surface area contributed by atoms with E-state index >= 15 is 0 Å². The van der Waals surface area contributed by atoms with E-state index in [4.69, 9.17) is 0 Å². The molecule has 0 radical (unpaired) electrons. The zero-order chi connectivity index (χ0) is 13.1. The first kappa shape index (κ1) is 12.0. The highest BCUT2D eigenvalue weighted by Crippen LogP contribution is 2.29. The Bertz CT molecular complexity index is 550. The van der Waals surface area contributed by atoms with Crippen molar-refractivity contribution in [1.29, 1.82) is 0 Å². The Morgan fingerprint density at radius 1 is 0.947 bits per heavy atom. The zero-order valence-corrected chi connectivity index (χ0v) is 10.8. The molecule has 0 spiro atoms. The summed E-state index contributed by atoms with van der Waals surface area (Å²) in [5, 5.41) is 0. The van der Waals surface area contributed by atoms with Gasteiger partial charge in [-0.25, -0.2) is 0 Å². The van der Waals surface area contributed by atoms with Gasteiger partial charge in [0, 0.05) is 13.1 Å². The average molecular weight is 251 g/mol. The number of rotatable bonds is 3. The van der Waals surface area contributed by atoms with Crippen molar-refractivity contribution in [3.63, 3.8) is 0 Å². The molecular weight excluding hydrogens is 234 g/mol. The Labute approximate surface area is 113 Å². The Balaban J connectivity index is 1.73. The molecule has 1 fully saturated rings. The summed E-state index contributed by atoms with van der Waals surface area (Å²) >= 11 is 0. The molecule has 1 amide bonds. The predicted molar refractivity (Wildman–Crippen MR) is 75.7 cm³/mol. The molecule has 0 N–H and O–H groups in total. The number of benzene rings is 2. The molecule has 19 heavy (non-hydrogen) atoms. The van der Waals surface area contributed by atoms with Gasteiger partial charge in [0.05, 0.1) is 5.92 Å². The van der Waals surface area contributed by atoms with Crippen LogP contribution in [0.25, 0.3) is 0 Å². The van der Waals surface area contributed by atoms with Crippen LogP contribution in [-0.4, -0.2) is 17.4 Å². The second-order valence-corrected chi connectivity index (χ2v) is 5.00. The third-order valence-corrected chi connectivity index (χ3v) is 3.72. The van der Waals surface area contributed by atoms with Crippen LogP contribution in [0, 0.1) is 0 Å². The van der Waals surface area contributed by atoms with Gasteiger partial charge in [0.25, 0.3) is 0 Å². The maximum Gasteiger partial charge on any atom is 0.230 e. The van der Waals surface area contributed by atoms with Gasteiger partial charge in [-0.1, -0.05) is 60.7 Å². The smallest absolute Gasteiger partial charge is 0.230 e. The van der Waals surface area contributed by atoms with E-state index in [1.54, 1.807) is 0 Å². The van der Waals surface area contributed by atoms with E-state index in [0.29, 0.717) is 0 Å². The van der Waals surface area contributed by atoms with Gasteiger partial charge in [-0.15, -0.1) is 0 Å². The van der Waals surface area contributed by atoms with Gasteiger partial charge in [-0.3, -0.25) is 4.79 Å². The first-order valence-electron chi connectivity index (χ1n) is 6.72. The van der Waals surface area contributed by atoms with Crippen LogP contribution in [0.1, 0.15) is 23.5 Å². The summed E-state index contributed by atoms with van der Waals surface area (Å²) in [4.78, 5) is 14.4. The van der Waals surface area contributed by atoms with Crippen LogP contribution in [0.3, 0.4) is 0 Å². The van der Waals surface area contributed by atoms with Crippen LogP contribution in [-0.2, 0) is 11.3 Å². The van der Waals surface area contributed by atoms with E-state index in [0.717, 1.165) is 25.1 Å². The number of nitrogens with zero attached hydrogens (tertiary/aromatic N) is 1. The number of carbonyl (C=O) groups is 1. The minimum absolute atomic E-state index is 0.0462. The molecule has 2 nitrogen and oxygen atoms in total. The van der Waals surface area contributed by atoms with Crippen molar-refractivity contribution >= 4 is 5.91 Å². The monoisotopic (exact) mass is 251 g/mol. The number of hydrogen-bond donors (Lipinski definition) is 0. The third-order valence-electron chi connectivity index (χ3n) is 3.72. The third kappa shape index (κ3) is 2.53. The normalized spacial score (nSPS) is 18.8. The fraction of sp³-hybridized carbons (Fsp3) is 0.235. The van der Waals surface area contributed by atoms with Gasteiger partial charge in [-0.2, -0.15) is 0 Å². The predicted octanol–water partition coefficient (Wildman–Crippen LogP) is 3.20. The first-order chi connectivity index (χ1) is 9.34. The van der Waals surface area contributed by atoms with Crippen molar-refractivity contribution in [3.8, 4) is 0 Å². The molecular formula is C17H17NO. The molecule has 1 atom stereocenters. The van der Waals surface area contributed by atoms with Gasteiger partial charge < -0.3 is 4.90 Å². The lowest BCUT2D eigenvalue weighted by molar-refractivity contribution is -0.129. The quantitative estimate of drug-likeness (QED) is 0.820. The molecule has 0 aromatic heterocycles. The van der Waals surface area contributed by atoms with E-state index in [2.05, 4.69) is 24.3 Å². The Hall–Kier alpha value is -2.09. The van der Waals surface area contributed by atoms with Crippen LogP contribution in [0.5, 0.6) is 0 Å². The zero-order valence-electron chi connectivity index (χ0n) is 10.8. The van der Waals surface area contributed by atoms with Crippen molar-refractivity contribution in [2.45, 2.75) is 18.9 Å². The molecule has 0 unspecified atom stereocenters. The second kappa shape index (κ2) is 5.27. The number of amides is 1. The molecule has 1 heterocycles. The topological polar surface area (TPSA) is 20.3 Å². The minimum Gasteiger partial charge on any atom is -0.338 e. The summed E-state index contributed by atoms with van der Waals surface area (Å²) in [6.07, 6.45) is 0.926. The molecule has 0 saturated carbocycles. The number of carbonyl (C=O) groups excluding carboxylic acids is 1. The molecule has 96 valence electrons. The molecule has 2 aromatic carbocycles. The maximum absolute atomic E-state index is 12.4. The second-order valence-electron chi connectivity index (χ2n) is 5.00. The lowest BCUT2D eigenvalue weighted by Gasteiger charge is -2.17. The Kier molecular flexibility index (Phi) is 3.32. The molecule has 1 aliphatic heterocycles. The molecule has 2 aromatic rings. The number of hydrogen-bond acceptors (Lipinski definition) is 1. The van der Waals surface area contributed by atoms with Gasteiger partial charge in [0.1, 0.15) is 0 Å². The van der Waals surface area contributed by atoms with Gasteiger partial charge in [0.2, 0.25) is 5.91 Å². The van der Waals surface area contributed by atoms with E-state index in [1.165, 1.54) is 5.56 Å². The summed E-state index contributed by atoms with van der Waals surface area (Å²) in [6, 6.07) is 20.3. The summed E-state index contributed by atoms with van der Waals surface area (Å²) in [7, 11) is 0. The van der Waals surface area contributed by atoms with E-state index in [-0.39, 0.29) is 11.8 Å². The van der Waals surface area contributed by atoms with Crippen LogP contribution in [0.15, 0.2) is 60.7 Å². The van der Waals surface area contributed by atoms with E-state index in [9.17, 15) is 4.79 Å². The highest BCUT2D eigenvalue weighted by Gasteiger charge is 2.32. The summed E-state index contributed by atoms with van der Waals surface area (Å²) < 4.78 is 0. The fourth-order valence-corrected chi connectivity index (χ4v) is 2.69. The standard InChI is InChI=1S/C17H17NO/c19-17-16(15-9-5-2-6-10-15)11-12-18(17)13-14-7-3-1-4-8-14/h1-10,16H,11-13H2/t16-/m1/s1. The maximum atomic E-state index is 12.4. The molecule has 1 aliphatic rings. The SMILES string of the molecule is O=C1[C@@H](c2ccccc2)CCN1Cc1ccccc1. The summed E-state index contributed by atoms with van der Waals surface area (Å²) in [5.74, 6) is 0.306. The minimum atomic E-state index is 0.0462. The molecule has 0 aliphatic carbocycles. The lowest BCUT2D eigenvalue weighted by atomic mass is 9.98. The van der Waals surface area contributed by atoms with Gasteiger partial charge in [0.15, 0.2) is 0 Å². The fourth-order valence-electron chi connectivity index (χ4n) is 2.69. The van der Waals surface area contributed by atoms with E-state index in [1.807, 2.05) is 41.3 Å². The largest absolute Gasteiger partial charge is 0.338 e.